The molecule has 0 saturated carbocycles. The van der Waals surface area contributed by atoms with Gasteiger partial charge >= 0.3 is 6.09 Å². The minimum Gasteiger partial charge on any atom is -0.449 e. The lowest BCUT2D eigenvalue weighted by atomic mass is 9.98. The van der Waals surface area contributed by atoms with Gasteiger partial charge in [-0.1, -0.05) is 60.7 Å². The summed E-state index contributed by atoms with van der Waals surface area (Å²) in [6.07, 6.45) is 4.09. The fraction of sp³-hybridized carbons (Fsp3) is 0.130. The Balaban J connectivity index is 1.33. The Kier molecular flexibility index (Phi) is 5.35. The lowest BCUT2D eigenvalue weighted by Crippen LogP contribution is -2.26. The summed E-state index contributed by atoms with van der Waals surface area (Å²) in [5.41, 5.74) is 5.75. The van der Waals surface area contributed by atoms with Gasteiger partial charge in [0, 0.05) is 12.5 Å². The van der Waals surface area contributed by atoms with Crippen molar-refractivity contribution in [2.45, 2.75) is 5.92 Å². The van der Waals surface area contributed by atoms with E-state index in [0.717, 1.165) is 11.8 Å². The zero-order valence-corrected chi connectivity index (χ0v) is 15.9. The Morgan fingerprint density at radius 3 is 2.39 bits per heavy atom. The Bertz CT molecular complexity index is 992. The van der Waals surface area contributed by atoms with E-state index in [1.165, 1.54) is 33.6 Å². The van der Waals surface area contributed by atoms with E-state index in [0.29, 0.717) is 18.0 Å². The maximum Gasteiger partial charge on any atom is 0.407 e. The van der Waals surface area contributed by atoms with Crippen LogP contribution >= 0.6 is 11.3 Å². The zero-order valence-electron chi connectivity index (χ0n) is 15.1. The van der Waals surface area contributed by atoms with Gasteiger partial charge in [0.05, 0.1) is 4.88 Å². The molecule has 0 fully saturated rings. The van der Waals surface area contributed by atoms with Crippen LogP contribution in [0, 0.1) is 0 Å². The van der Waals surface area contributed by atoms with E-state index in [1.54, 1.807) is 0 Å². The van der Waals surface area contributed by atoms with Crippen molar-refractivity contribution in [3.05, 3.63) is 87.6 Å². The summed E-state index contributed by atoms with van der Waals surface area (Å²) < 4.78 is 5.49. The molecule has 1 aliphatic rings. The fourth-order valence-electron chi connectivity index (χ4n) is 3.50. The van der Waals surface area contributed by atoms with Crippen LogP contribution in [0.2, 0.25) is 0 Å². The molecule has 2 aromatic carbocycles. The third-order valence-corrected chi connectivity index (χ3v) is 5.65. The molecule has 1 amide bonds. The highest BCUT2D eigenvalue weighted by molar-refractivity contribution is 7.11. The molecule has 4 nitrogen and oxygen atoms in total. The molecule has 28 heavy (non-hydrogen) atoms. The van der Waals surface area contributed by atoms with Crippen LogP contribution in [0.5, 0.6) is 0 Å². The van der Waals surface area contributed by atoms with Gasteiger partial charge in [-0.3, -0.25) is 4.79 Å². The smallest absolute Gasteiger partial charge is 0.407 e. The Hall–Kier alpha value is -3.18. The second-order valence-corrected chi connectivity index (χ2v) is 7.45. The number of thiophene rings is 1. The lowest BCUT2D eigenvalue weighted by molar-refractivity contribution is 0.112. The maximum atomic E-state index is 12.1. The van der Waals surface area contributed by atoms with Gasteiger partial charge in [0.2, 0.25) is 0 Å². The summed E-state index contributed by atoms with van der Waals surface area (Å²) in [6.45, 7) is 0.666. The summed E-state index contributed by atoms with van der Waals surface area (Å²) in [7, 11) is 0. The highest BCUT2D eigenvalue weighted by atomic mass is 32.1. The molecule has 4 rings (SSSR count). The molecule has 0 spiro atoms. The molecule has 1 aliphatic carbocycles. The van der Waals surface area contributed by atoms with Gasteiger partial charge in [0.15, 0.2) is 6.29 Å². The minimum atomic E-state index is -0.439. The van der Waals surface area contributed by atoms with E-state index >= 15 is 0 Å². The zero-order chi connectivity index (χ0) is 19.3. The number of rotatable bonds is 6. The first-order chi connectivity index (χ1) is 13.8. The van der Waals surface area contributed by atoms with Gasteiger partial charge in [0.25, 0.3) is 0 Å². The molecule has 3 aromatic rings. The fourth-order valence-corrected chi connectivity index (χ4v) is 4.18. The monoisotopic (exact) mass is 389 g/mol. The van der Waals surface area contributed by atoms with Gasteiger partial charge in [-0.05, 0) is 39.3 Å². The van der Waals surface area contributed by atoms with Crippen molar-refractivity contribution >= 4 is 29.8 Å². The minimum absolute atomic E-state index is 0.0567. The van der Waals surface area contributed by atoms with E-state index in [-0.39, 0.29) is 5.92 Å². The van der Waals surface area contributed by atoms with Gasteiger partial charge in [-0.2, -0.15) is 0 Å². The highest BCUT2D eigenvalue weighted by Crippen LogP contribution is 2.44. The number of benzene rings is 2. The summed E-state index contributed by atoms with van der Waals surface area (Å²) >= 11 is 1.39. The molecule has 0 bridgehead atoms. The quantitative estimate of drug-likeness (QED) is 0.596. The lowest BCUT2D eigenvalue weighted by Gasteiger charge is -2.14. The number of hydrogen-bond donors (Lipinski definition) is 1. The van der Waals surface area contributed by atoms with Crippen LogP contribution in [0.25, 0.3) is 17.2 Å². The molecule has 140 valence electrons. The van der Waals surface area contributed by atoms with Crippen molar-refractivity contribution in [3.8, 4) is 11.1 Å². The molecule has 1 heterocycles. The number of fused-ring (bicyclic) bond motifs is 3. The second kappa shape index (κ2) is 8.23. The Morgan fingerprint density at radius 2 is 1.75 bits per heavy atom. The molecule has 0 atom stereocenters. The van der Waals surface area contributed by atoms with Crippen molar-refractivity contribution in [1.82, 2.24) is 5.32 Å². The van der Waals surface area contributed by atoms with Gasteiger partial charge in [0.1, 0.15) is 6.61 Å². The summed E-state index contributed by atoms with van der Waals surface area (Å²) in [5.74, 6) is 0.0567. The van der Waals surface area contributed by atoms with Crippen molar-refractivity contribution in [1.29, 1.82) is 0 Å². The average Bonchev–Trinajstić information content (AvgIpc) is 3.32. The number of alkyl carbamates (subject to hydrolysis) is 1. The van der Waals surface area contributed by atoms with Crippen LogP contribution in [-0.2, 0) is 4.74 Å². The average molecular weight is 389 g/mol. The standard InChI is InChI=1S/C23H19NO3S/c25-13-17-12-16(15-28-17)6-5-11-24-23(26)27-14-22-20-9-3-1-7-18(20)19-8-2-4-10-21(19)22/h1-10,12-13,15,22H,11,14H2,(H,24,26). The predicted octanol–water partition coefficient (Wildman–Crippen LogP) is 5.11. The topological polar surface area (TPSA) is 55.4 Å². The molecule has 5 heteroatoms. The first kappa shape index (κ1) is 18.2. The number of carbonyl (C=O) groups is 2. The van der Waals surface area contributed by atoms with Gasteiger partial charge in [-0.15, -0.1) is 11.3 Å². The number of aldehydes is 1. The van der Waals surface area contributed by atoms with E-state index in [1.807, 2.05) is 47.9 Å². The maximum absolute atomic E-state index is 12.1. The molecule has 1 aromatic heterocycles. The molecule has 0 saturated heterocycles. The molecular formula is C23H19NO3S. The molecule has 0 aliphatic heterocycles. The third kappa shape index (κ3) is 3.75. The molecule has 0 unspecified atom stereocenters. The number of amides is 1. The summed E-state index contributed by atoms with van der Waals surface area (Å²) in [6, 6.07) is 18.3. The molecule has 1 N–H and O–H groups in total. The SMILES string of the molecule is O=Cc1cc(C=CCNC(=O)OCC2c3ccccc3-c3ccccc32)cs1. The van der Waals surface area contributed by atoms with Gasteiger partial charge < -0.3 is 10.1 Å². The van der Waals surface area contributed by atoms with Crippen LogP contribution in [0.15, 0.2) is 66.1 Å². The number of hydrogen-bond acceptors (Lipinski definition) is 4. The van der Waals surface area contributed by atoms with Crippen LogP contribution in [0.4, 0.5) is 4.79 Å². The Morgan fingerprint density at radius 1 is 1.07 bits per heavy atom. The number of carbonyl (C=O) groups excluding carboxylic acids is 2. The van der Waals surface area contributed by atoms with E-state index in [9.17, 15) is 9.59 Å². The van der Waals surface area contributed by atoms with Gasteiger partial charge in [-0.25, -0.2) is 4.79 Å². The van der Waals surface area contributed by atoms with Crippen molar-refractivity contribution in [3.63, 3.8) is 0 Å². The summed E-state index contributed by atoms with van der Waals surface area (Å²) in [4.78, 5) is 23.4. The molecular weight excluding hydrogens is 370 g/mol. The van der Waals surface area contributed by atoms with Crippen LogP contribution in [-0.4, -0.2) is 25.5 Å². The first-order valence-electron chi connectivity index (χ1n) is 9.05. The normalized spacial score (nSPS) is 12.6. The first-order valence-corrected chi connectivity index (χ1v) is 9.93. The van der Waals surface area contributed by atoms with E-state index in [4.69, 9.17) is 4.74 Å². The Labute approximate surface area is 167 Å². The predicted molar refractivity (Wildman–Crippen MR) is 112 cm³/mol. The number of ether oxygens (including phenoxy) is 1. The van der Waals surface area contributed by atoms with Crippen LogP contribution in [0.1, 0.15) is 32.3 Å². The van der Waals surface area contributed by atoms with Crippen molar-refractivity contribution in [2.75, 3.05) is 13.2 Å². The van der Waals surface area contributed by atoms with Crippen molar-refractivity contribution in [2.24, 2.45) is 0 Å². The second-order valence-electron chi connectivity index (χ2n) is 6.51. The molecule has 0 radical (unpaired) electrons. The van der Waals surface area contributed by atoms with E-state index < -0.39 is 6.09 Å². The van der Waals surface area contributed by atoms with Crippen molar-refractivity contribution < 1.29 is 14.3 Å². The summed E-state index contributed by atoms with van der Waals surface area (Å²) in [5, 5.41) is 4.63. The van der Waals surface area contributed by atoms with Crippen LogP contribution in [0.3, 0.4) is 0 Å². The largest absolute Gasteiger partial charge is 0.449 e. The third-order valence-electron chi connectivity index (χ3n) is 4.77. The van der Waals surface area contributed by atoms with Crippen LogP contribution < -0.4 is 5.32 Å². The highest BCUT2D eigenvalue weighted by Gasteiger charge is 2.28. The van der Waals surface area contributed by atoms with E-state index in [2.05, 4.69) is 29.6 Å². The number of nitrogens with one attached hydrogen (secondary N) is 1.